The number of aryl methyl sites for hydroxylation is 2. The van der Waals surface area contributed by atoms with E-state index >= 15 is 0 Å². The highest BCUT2D eigenvalue weighted by Crippen LogP contribution is 2.17. The standard InChI is InChI=1S/C16H22N6O2S/c1-11-15(25-12(2)20-11)16(23)18-4-3-17-14-9-13(10-19-21-14)22-5-7-24-8-6-22/h9-10H,3-8H2,1-2H3,(H,17,21)(H,18,23). The van der Waals surface area contributed by atoms with E-state index in [4.69, 9.17) is 4.74 Å². The predicted octanol–water partition coefficient (Wildman–Crippen LogP) is 1.23. The van der Waals surface area contributed by atoms with Crippen LogP contribution in [0.25, 0.3) is 0 Å². The Morgan fingerprint density at radius 2 is 2.12 bits per heavy atom. The predicted molar refractivity (Wildman–Crippen MR) is 97.5 cm³/mol. The zero-order chi connectivity index (χ0) is 17.6. The minimum atomic E-state index is -0.0851. The molecule has 2 aromatic rings. The second-order valence-electron chi connectivity index (χ2n) is 5.73. The minimum Gasteiger partial charge on any atom is -0.378 e. The van der Waals surface area contributed by atoms with Crippen LogP contribution < -0.4 is 15.5 Å². The summed E-state index contributed by atoms with van der Waals surface area (Å²) < 4.78 is 5.36. The SMILES string of the molecule is Cc1nc(C)c(C(=O)NCCNc2cc(N3CCOCC3)cnn2)s1. The lowest BCUT2D eigenvalue weighted by molar-refractivity contribution is 0.0958. The number of ether oxygens (including phenoxy) is 1. The van der Waals surface area contributed by atoms with E-state index in [-0.39, 0.29) is 5.91 Å². The van der Waals surface area contributed by atoms with E-state index in [1.54, 1.807) is 6.20 Å². The summed E-state index contributed by atoms with van der Waals surface area (Å²) in [5.41, 5.74) is 1.80. The number of amides is 1. The molecule has 3 heterocycles. The molecule has 0 atom stereocenters. The molecule has 1 fully saturated rings. The summed E-state index contributed by atoms with van der Waals surface area (Å²) in [6.07, 6.45) is 1.76. The molecular weight excluding hydrogens is 340 g/mol. The first-order chi connectivity index (χ1) is 12.1. The van der Waals surface area contributed by atoms with Gasteiger partial charge in [0.2, 0.25) is 0 Å². The Bertz CT molecular complexity index is 729. The molecule has 0 spiro atoms. The van der Waals surface area contributed by atoms with E-state index in [1.165, 1.54) is 11.3 Å². The Labute approximate surface area is 150 Å². The van der Waals surface area contributed by atoms with Gasteiger partial charge in [0, 0.05) is 32.2 Å². The number of thiazole rings is 1. The lowest BCUT2D eigenvalue weighted by Gasteiger charge is -2.28. The van der Waals surface area contributed by atoms with Gasteiger partial charge in [-0.05, 0) is 13.8 Å². The molecule has 8 nitrogen and oxygen atoms in total. The molecule has 0 unspecified atom stereocenters. The summed E-state index contributed by atoms with van der Waals surface area (Å²) in [5.74, 6) is 0.612. The highest BCUT2D eigenvalue weighted by molar-refractivity contribution is 7.13. The van der Waals surface area contributed by atoms with Crippen molar-refractivity contribution in [2.75, 3.05) is 49.6 Å². The molecule has 25 heavy (non-hydrogen) atoms. The van der Waals surface area contributed by atoms with Crippen LogP contribution >= 0.6 is 11.3 Å². The Hall–Kier alpha value is -2.26. The molecule has 1 aliphatic heterocycles. The number of nitrogens with zero attached hydrogens (tertiary/aromatic N) is 4. The van der Waals surface area contributed by atoms with Gasteiger partial charge in [0.05, 0.1) is 35.8 Å². The highest BCUT2D eigenvalue weighted by atomic mass is 32.1. The molecule has 1 aliphatic rings. The van der Waals surface area contributed by atoms with E-state index in [2.05, 4.69) is 30.7 Å². The number of rotatable bonds is 6. The van der Waals surface area contributed by atoms with Crippen molar-refractivity contribution >= 4 is 28.7 Å². The quantitative estimate of drug-likeness (QED) is 0.747. The third kappa shape index (κ3) is 4.64. The number of carbonyl (C=O) groups is 1. The molecule has 2 N–H and O–H groups in total. The number of hydrogen-bond donors (Lipinski definition) is 2. The Kier molecular flexibility index (Phi) is 5.77. The summed E-state index contributed by atoms with van der Waals surface area (Å²) in [6, 6.07) is 1.97. The molecule has 0 bridgehead atoms. The van der Waals surface area contributed by atoms with Crippen LogP contribution in [0.1, 0.15) is 20.4 Å². The van der Waals surface area contributed by atoms with E-state index in [9.17, 15) is 4.79 Å². The van der Waals surface area contributed by atoms with Gasteiger partial charge < -0.3 is 20.3 Å². The average Bonchev–Trinajstić information content (AvgIpc) is 2.98. The van der Waals surface area contributed by atoms with Crippen LogP contribution in [-0.4, -0.2) is 60.5 Å². The molecule has 9 heteroatoms. The molecule has 0 saturated carbocycles. The van der Waals surface area contributed by atoms with Crippen molar-refractivity contribution in [3.8, 4) is 0 Å². The van der Waals surface area contributed by atoms with Crippen molar-refractivity contribution < 1.29 is 9.53 Å². The number of aromatic nitrogens is 3. The second kappa shape index (κ2) is 8.21. The fourth-order valence-electron chi connectivity index (χ4n) is 2.63. The summed E-state index contributed by atoms with van der Waals surface area (Å²) in [5, 5.41) is 15.1. The molecule has 1 saturated heterocycles. The van der Waals surface area contributed by atoms with Crippen LogP contribution in [-0.2, 0) is 4.74 Å². The lowest BCUT2D eigenvalue weighted by Crippen LogP contribution is -2.36. The number of carbonyl (C=O) groups excluding carboxylic acids is 1. The van der Waals surface area contributed by atoms with Crippen LogP contribution in [0.4, 0.5) is 11.5 Å². The van der Waals surface area contributed by atoms with Crippen molar-refractivity contribution in [1.82, 2.24) is 20.5 Å². The van der Waals surface area contributed by atoms with Crippen molar-refractivity contribution in [2.24, 2.45) is 0 Å². The van der Waals surface area contributed by atoms with Gasteiger partial charge in [0.25, 0.3) is 5.91 Å². The van der Waals surface area contributed by atoms with Gasteiger partial charge in [0.15, 0.2) is 5.82 Å². The van der Waals surface area contributed by atoms with Gasteiger partial charge in [-0.15, -0.1) is 16.4 Å². The fraction of sp³-hybridized carbons (Fsp3) is 0.500. The fourth-order valence-corrected chi connectivity index (χ4v) is 3.46. The summed E-state index contributed by atoms with van der Waals surface area (Å²) in [4.78, 5) is 19.3. The smallest absolute Gasteiger partial charge is 0.263 e. The Balaban J connectivity index is 1.47. The number of anilines is 2. The van der Waals surface area contributed by atoms with Crippen molar-refractivity contribution in [2.45, 2.75) is 13.8 Å². The third-order valence-electron chi connectivity index (χ3n) is 3.84. The zero-order valence-corrected chi connectivity index (χ0v) is 15.2. The molecule has 0 aliphatic carbocycles. The van der Waals surface area contributed by atoms with Crippen LogP contribution in [0, 0.1) is 13.8 Å². The van der Waals surface area contributed by atoms with Crippen LogP contribution in [0.15, 0.2) is 12.3 Å². The number of hydrogen-bond acceptors (Lipinski definition) is 8. The molecule has 3 rings (SSSR count). The van der Waals surface area contributed by atoms with Crippen LogP contribution in [0.3, 0.4) is 0 Å². The molecule has 0 aromatic carbocycles. The minimum absolute atomic E-state index is 0.0851. The molecule has 134 valence electrons. The first-order valence-corrected chi connectivity index (χ1v) is 9.06. The Morgan fingerprint density at radius 3 is 2.84 bits per heavy atom. The van der Waals surface area contributed by atoms with Gasteiger partial charge in [0.1, 0.15) is 4.88 Å². The highest BCUT2D eigenvalue weighted by Gasteiger charge is 2.14. The lowest BCUT2D eigenvalue weighted by atomic mass is 10.3. The first-order valence-electron chi connectivity index (χ1n) is 8.25. The van der Waals surface area contributed by atoms with Gasteiger partial charge in [-0.3, -0.25) is 4.79 Å². The van der Waals surface area contributed by atoms with E-state index in [0.29, 0.717) is 23.8 Å². The van der Waals surface area contributed by atoms with Gasteiger partial charge in [-0.25, -0.2) is 4.98 Å². The van der Waals surface area contributed by atoms with Crippen LogP contribution in [0.5, 0.6) is 0 Å². The van der Waals surface area contributed by atoms with Gasteiger partial charge in [-0.1, -0.05) is 0 Å². The third-order valence-corrected chi connectivity index (χ3v) is 4.91. The van der Waals surface area contributed by atoms with Gasteiger partial charge in [-0.2, -0.15) is 5.10 Å². The molecule has 1 amide bonds. The second-order valence-corrected chi connectivity index (χ2v) is 6.93. The number of nitrogens with one attached hydrogen (secondary N) is 2. The topological polar surface area (TPSA) is 92.3 Å². The maximum Gasteiger partial charge on any atom is 0.263 e. The van der Waals surface area contributed by atoms with E-state index in [0.717, 1.165) is 42.7 Å². The largest absolute Gasteiger partial charge is 0.378 e. The maximum absolute atomic E-state index is 12.1. The summed E-state index contributed by atoms with van der Waals surface area (Å²) >= 11 is 1.41. The maximum atomic E-state index is 12.1. The van der Waals surface area contributed by atoms with E-state index < -0.39 is 0 Å². The number of morpholine rings is 1. The zero-order valence-electron chi connectivity index (χ0n) is 14.4. The Morgan fingerprint density at radius 1 is 1.32 bits per heavy atom. The van der Waals surface area contributed by atoms with Gasteiger partial charge >= 0.3 is 0 Å². The van der Waals surface area contributed by atoms with Crippen LogP contribution in [0.2, 0.25) is 0 Å². The molecule has 0 radical (unpaired) electrons. The molecule has 2 aromatic heterocycles. The monoisotopic (exact) mass is 362 g/mol. The van der Waals surface area contributed by atoms with Crippen molar-refractivity contribution in [3.05, 3.63) is 27.8 Å². The van der Waals surface area contributed by atoms with Crippen molar-refractivity contribution in [1.29, 1.82) is 0 Å². The average molecular weight is 362 g/mol. The normalized spacial score (nSPS) is 14.4. The molecular formula is C16H22N6O2S. The summed E-state index contributed by atoms with van der Waals surface area (Å²) in [6.45, 7) is 7.99. The van der Waals surface area contributed by atoms with Crippen molar-refractivity contribution in [3.63, 3.8) is 0 Å². The summed E-state index contributed by atoms with van der Waals surface area (Å²) in [7, 11) is 0. The van der Waals surface area contributed by atoms with E-state index in [1.807, 2.05) is 19.9 Å². The first kappa shape index (κ1) is 17.6.